The molecule has 3 fully saturated rings. The van der Waals surface area contributed by atoms with Crippen LogP contribution in [-0.4, -0.2) is 52.2 Å². The van der Waals surface area contributed by atoms with Crippen molar-refractivity contribution in [1.82, 2.24) is 20.4 Å². The summed E-state index contributed by atoms with van der Waals surface area (Å²) in [7, 11) is 0. The molecule has 2 aromatic rings. The van der Waals surface area contributed by atoms with Crippen molar-refractivity contribution in [2.45, 2.75) is 63.1 Å². The molecule has 5 rings (SSSR count). The lowest BCUT2D eigenvalue weighted by Gasteiger charge is -2.32. The fraction of sp³-hybridized carbons (Fsp3) is 0.632. The Balaban J connectivity index is 0.00000120. The first kappa shape index (κ1) is 22.9. The van der Waals surface area contributed by atoms with Crippen molar-refractivity contribution in [3.63, 3.8) is 0 Å². The van der Waals surface area contributed by atoms with Crippen LogP contribution in [0, 0.1) is 6.92 Å². The number of aryl methyl sites for hydroxylation is 1. The lowest BCUT2D eigenvalue weighted by atomic mass is 10.0. The molecule has 29 heavy (non-hydrogen) atoms. The lowest BCUT2D eigenvalue weighted by molar-refractivity contribution is 0.103. The predicted molar refractivity (Wildman–Crippen MR) is 123 cm³/mol. The molecule has 0 bridgehead atoms. The molecule has 2 aliphatic carbocycles. The van der Waals surface area contributed by atoms with E-state index in [4.69, 9.17) is 0 Å². The Morgan fingerprint density at radius 3 is 2.59 bits per heavy atom. The largest absolute Gasteiger partial charge is 0.311 e. The molecule has 2 aromatic heterocycles. The summed E-state index contributed by atoms with van der Waals surface area (Å²) >= 11 is 2.92. The summed E-state index contributed by atoms with van der Waals surface area (Å²) < 4.78 is 0. The quantitative estimate of drug-likeness (QED) is 0.658. The standard InChI is InChI=1S/C19H25N5OS2.2ClH/c1-11-22-23-19(27-11)21-18(25)17-8-12(10-26-17)15-9-16(15)20-13-4-6-24(7-5-13)14-2-3-14;;/h8,10,13-16,20H,2-7,9H2,1H3,(H,21,23,25);2*1H/t15-,16+;;/m0../s1. The normalized spacial score (nSPS) is 24.4. The summed E-state index contributed by atoms with van der Waals surface area (Å²) in [4.78, 5) is 15.8. The van der Waals surface area contributed by atoms with Gasteiger partial charge in [0.2, 0.25) is 5.13 Å². The van der Waals surface area contributed by atoms with E-state index >= 15 is 0 Å². The highest BCUT2D eigenvalue weighted by molar-refractivity contribution is 7.15. The van der Waals surface area contributed by atoms with E-state index in [0.29, 0.717) is 23.1 Å². The molecule has 3 heterocycles. The Hall–Kier alpha value is -0.770. The zero-order valence-electron chi connectivity index (χ0n) is 16.3. The van der Waals surface area contributed by atoms with Crippen LogP contribution < -0.4 is 10.6 Å². The van der Waals surface area contributed by atoms with Crippen molar-refractivity contribution in [1.29, 1.82) is 0 Å². The van der Waals surface area contributed by atoms with Gasteiger partial charge in [-0.2, -0.15) is 0 Å². The fourth-order valence-electron chi connectivity index (χ4n) is 4.09. The summed E-state index contributed by atoms with van der Waals surface area (Å²) in [5, 5.41) is 18.2. The van der Waals surface area contributed by atoms with Crippen LogP contribution >= 0.6 is 47.5 Å². The number of carbonyl (C=O) groups excluding carboxylic acids is 1. The summed E-state index contributed by atoms with van der Waals surface area (Å²) in [6, 6.07) is 4.20. The van der Waals surface area contributed by atoms with E-state index in [1.807, 2.05) is 6.92 Å². The van der Waals surface area contributed by atoms with E-state index in [2.05, 4.69) is 37.2 Å². The van der Waals surface area contributed by atoms with Gasteiger partial charge in [0, 0.05) is 24.0 Å². The van der Waals surface area contributed by atoms with E-state index in [-0.39, 0.29) is 30.7 Å². The molecule has 3 aliphatic rings. The average molecular weight is 476 g/mol. The van der Waals surface area contributed by atoms with Crippen molar-refractivity contribution in [3.8, 4) is 0 Å². The predicted octanol–water partition coefficient (Wildman–Crippen LogP) is 4.08. The average Bonchev–Trinajstić information content (AvgIpc) is 3.56. The highest BCUT2D eigenvalue weighted by Crippen LogP contribution is 2.43. The molecule has 0 radical (unpaired) electrons. The molecule has 1 amide bonds. The molecule has 0 aromatic carbocycles. The van der Waals surface area contributed by atoms with E-state index in [1.54, 1.807) is 0 Å². The van der Waals surface area contributed by atoms with Crippen molar-refractivity contribution in [2.75, 3.05) is 18.4 Å². The molecule has 1 saturated heterocycles. The second kappa shape index (κ2) is 9.58. The first-order valence-corrected chi connectivity index (χ1v) is 11.6. The third kappa shape index (κ3) is 5.48. The van der Waals surface area contributed by atoms with Gasteiger partial charge in [-0.05, 0) is 69.1 Å². The van der Waals surface area contributed by atoms with Gasteiger partial charge in [0.05, 0.1) is 4.88 Å². The molecular weight excluding hydrogens is 449 g/mol. The fourth-order valence-corrected chi connectivity index (χ4v) is 5.55. The Morgan fingerprint density at radius 1 is 1.17 bits per heavy atom. The number of hydrogen-bond donors (Lipinski definition) is 2. The third-order valence-corrected chi connectivity index (χ3v) is 7.55. The molecule has 1 aliphatic heterocycles. The van der Waals surface area contributed by atoms with E-state index in [1.165, 1.54) is 73.4 Å². The summed E-state index contributed by atoms with van der Waals surface area (Å²) in [6.45, 7) is 4.40. The summed E-state index contributed by atoms with van der Waals surface area (Å²) in [6.07, 6.45) is 6.57. The maximum Gasteiger partial charge on any atom is 0.267 e. The number of anilines is 1. The molecular formula is C19H27Cl2N5OS2. The maximum atomic E-state index is 12.4. The number of likely N-dealkylation sites (tertiary alicyclic amines) is 1. The van der Waals surface area contributed by atoms with Crippen molar-refractivity contribution >= 4 is 58.5 Å². The second-order valence-corrected chi connectivity index (χ2v) is 10.1. The number of halogens is 2. The van der Waals surface area contributed by atoms with Crippen molar-refractivity contribution in [2.24, 2.45) is 0 Å². The number of nitrogens with zero attached hydrogens (tertiary/aromatic N) is 3. The number of rotatable bonds is 6. The number of aromatic nitrogens is 2. The van der Waals surface area contributed by atoms with Crippen LogP contribution in [0.3, 0.4) is 0 Å². The Labute approximate surface area is 191 Å². The minimum absolute atomic E-state index is 0. The van der Waals surface area contributed by atoms with Gasteiger partial charge in [-0.1, -0.05) is 11.3 Å². The number of thiophene rings is 1. The van der Waals surface area contributed by atoms with Crippen LogP contribution in [0.5, 0.6) is 0 Å². The smallest absolute Gasteiger partial charge is 0.267 e. The van der Waals surface area contributed by atoms with Gasteiger partial charge in [0.1, 0.15) is 5.01 Å². The SMILES string of the molecule is Cc1nnc(NC(=O)c2cc([C@@H]3C[C@H]3NC3CCN(C4CC4)CC3)cs2)s1.Cl.Cl. The highest BCUT2D eigenvalue weighted by atomic mass is 35.5. The summed E-state index contributed by atoms with van der Waals surface area (Å²) in [5.41, 5.74) is 1.30. The van der Waals surface area contributed by atoms with Crippen LogP contribution in [0.15, 0.2) is 11.4 Å². The molecule has 2 N–H and O–H groups in total. The molecule has 160 valence electrons. The Kier molecular flexibility index (Phi) is 7.56. The lowest BCUT2D eigenvalue weighted by Crippen LogP contribution is -2.44. The zero-order chi connectivity index (χ0) is 18.4. The van der Waals surface area contributed by atoms with Gasteiger partial charge >= 0.3 is 0 Å². The van der Waals surface area contributed by atoms with Gasteiger partial charge in [-0.15, -0.1) is 46.3 Å². The van der Waals surface area contributed by atoms with Crippen LogP contribution in [-0.2, 0) is 0 Å². The topological polar surface area (TPSA) is 70.1 Å². The molecule has 0 spiro atoms. The number of hydrogen-bond acceptors (Lipinski definition) is 7. The maximum absolute atomic E-state index is 12.4. The summed E-state index contributed by atoms with van der Waals surface area (Å²) in [5.74, 6) is 0.480. The number of nitrogens with one attached hydrogen (secondary N) is 2. The molecule has 2 atom stereocenters. The van der Waals surface area contributed by atoms with Crippen LogP contribution in [0.25, 0.3) is 0 Å². The third-order valence-electron chi connectivity index (χ3n) is 5.85. The van der Waals surface area contributed by atoms with E-state index in [0.717, 1.165) is 15.9 Å². The van der Waals surface area contributed by atoms with Gasteiger partial charge in [-0.25, -0.2) is 0 Å². The van der Waals surface area contributed by atoms with Gasteiger partial charge in [-0.3, -0.25) is 10.1 Å². The van der Waals surface area contributed by atoms with Gasteiger partial charge < -0.3 is 10.2 Å². The minimum Gasteiger partial charge on any atom is -0.311 e. The van der Waals surface area contributed by atoms with Gasteiger partial charge in [0.25, 0.3) is 5.91 Å². The van der Waals surface area contributed by atoms with Crippen molar-refractivity contribution < 1.29 is 4.79 Å². The second-order valence-electron chi connectivity index (χ2n) is 7.98. The van der Waals surface area contributed by atoms with Gasteiger partial charge in [0.15, 0.2) is 0 Å². The molecule has 2 saturated carbocycles. The van der Waals surface area contributed by atoms with E-state index < -0.39 is 0 Å². The monoisotopic (exact) mass is 475 g/mol. The first-order chi connectivity index (χ1) is 13.2. The van der Waals surface area contributed by atoms with Crippen LogP contribution in [0.4, 0.5) is 5.13 Å². The first-order valence-electron chi connectivity index (χ1n) is 9.85. The molecule has 6 nitrogen and oxygen atoms in total. The van der Waals surface area contributed by atoms with Crippen LogP contribution in [0.1, 0.15) is 58.3 Å². The number of amides is 1. The number of carbonyl (C=O) groups is 1. The molecule has 0 unspecified atom stereocenters. The molecule has 10 heteroatoms. The van der Waals surface area contributed by atoms with Crippen molar-refractivity contribution in [3.05, 3.63) is 26.9 Å². The minimum atomic E-state index is -0.0833. The Morgan fingerprint density at radius 2 is 1.93 bits per heavy atom. The van der Waals surface area contributed by atoms with E-state index in [9.17, 15) is 4.79 Å². The Bertz CT molecular complexity index is 832. The zero-order valence-corrected chi connectivity index (χ0v) is 19.6. The van der Waals surface area contributed by atoms with Crippen LogP contribution in [0.2, 0.25) is 0 Å². The highest BCUT2D eigenvalue weighted by Gasteiger charge is 2.41. The number of piperidine rings is 1.